The number of carbonyl (C=O) groups excluding carboxylic acids is 1. The van der Waals surface area contributed by atoms with Crippen molar-refractivity contribution >= 4 is 17.7 Å². The molecule has 0 bridgehead atoms. The maximum Gasteiger partial charge on any atom is 0.244 e. The second-order valence-electron chi connectivity index (χ2n) is 6.63. The Hall–Kier alpha value is -2.63. The Morgan fingerprint density at radius 3 is 2.74 bits per heavy atom. The van der Waals surface area contributed by atoms with E-state index in [0.29, 0.717) is 13.2 Å². The number of amides is 1. The van der Waals surface area contributed by atoms with Gasteiger partial charge in [-0.2, -0.15) is 0 Å². The molecular formula is C22H26N2O3. The monoisotopic (exact) mass is 366 g/mol. The number of hydrogen-bond acceptors (Lipinski definition) is 4. The zero-order chi connectivity index (χ0) is 19.1. The van der Waals surface area contributed by atoms with Crippen molar-refractivity contribution in [3.05, 3.63) is 71.3 Å². The Labute approximate surface area is 160 Å². The summed E-state index contributed by atoms with van der Waals surface area (Å²) in [4.78, 5) is 14.6. The number of morpholine rings is 1. The van der Waals surface area contributed by atoms with Crippen LogP contribution >= 0.6 is 0 Å². The number of nitrogens with zero attached hydrogens (tertiary/aromatic N) is 1. The van der Waals surface area contributed by atoms with Crippen LogP contribution in [0.2, 0.25) is 0 Å². The standard InChI is InChI=1S/C22H26N2O3/c1-17-5-2-3-6-18(17)9-10-22(26)23-21(16-25)19-7-4-8-20(15-19)24-11-13-27-14-12-24/h2-10,15,21,25H,11-14,16H2,1H3,(H,23,26)/t21-/m1/s1. The quantitative estimate of drug-likeness (QED) is 0.772. The Morgan fingerprint density at radius 2 is 2.00 bits per heavy atom. The lowest BCUT2D eigenvalue weighted by Crippen LogP contribution is -2.36. The van der Waals surface area contributed by atoms with Gasteiger partial charge < -0.3 is 20.1 Å². The van der Waals surface area contributed by atoms with Gasteiger partial charge in [0.1, 0.15) is 0 Å². The summed E-state index contributed by atoms with van der Waals surface area (Å²) in [7, 11) is 0. The van der Waals surface area contributed by atoms with Crippen molar-refractivity contribution in [2.75, 3.05) is 37.8 Å². The Kier molecular flexibility index (Phi) is 6.63. The zero-order valence-electron chi connectivity index (χ0n) is 15.6. The summed E-state index contributed by atoms with van der Waals surface area (Å²) in [5.41, 5.74) is 4.08. The number of hydrogen-bond donors (Lipinski definition) is 2. The first kappa shape index (κ1) is 19.1. The van der Waals surface area contributed by atoms with E-state index in [9.17, 15) is 9.90 Å². The number of aliphatic hydroxyl groups is 1. The summed E-state index contributed by atoms with van der Waals surface area (Å²) in [5.74, 6) is -0.228. The van der Waals surface area contributed by atoms with Crippen LogP contribution in [0.3, 0.4) is 0 Å². The number of anilines is 1. The van der Waals surface area contributed by atoms with E-state index < -0.39 is 6.04 Å². The molecule has 0 spiro atoms. The third kappa shape index (κ3) is 5.18. The molecule has 3 rings (SSSR count). The van der Waals surface area contributed by atoms with E-state index in [4.69, 9.17) is 4.74 Å². The second-order valence-corrected chi connectivity index (χ2v) is 6.63. The van der Waals surface area contributed by atoms with Gasteiger partial charge in [0.15, 0.2) is 0 Å². The minimum Gasteiger partial charge on any atom is -0.394 e. The predicted octanol–water partition coefficient (Wildman–Crippen LogP) is 2.69. The molecular weight excluding hydrogens is 340 g/mol. The Morgan fingerprint density at radius 1 is 1.22 bits per heavy atom. The molecule has 1 heterocycles. The van der Waals surface area contributed by atoms with E-state index in [1.165, 1.54) is 6.08 Å². The molecule has 2 aromatic rings. The highest BCUT2D eigenvalue weighted by atomic mass is 16.5. The minimum atomic E-state index is -0.444. The summed E-state index contributed by atoms with van der Waals surface area (Å²) >= 11 is 0. The van der Waals surface area contributed by atoms with Crippen molar-refractivity contribution in [3.63, 3.8) is 0 Å². The van der Waals surface area contributed by atoms with Crippen molar-refractivity contribution in [2.24, 2.45) is 0 Å². The van der Waals surface area contributed by atoms with Gasteiger partial charge in [-0.15, -0.1) is 0 Å². The van der Waals surface area contributed by atoms with Gasteiger partial charge in [-0.1, -0.05) is 36.4 Å². The minimum absolute atomic E-state index is 0.156. The lowest BCUT2D eigenvalue weighted by Gasteiger charge is -2.29. The molecule has 0 radical (unpaired) electrons. The third-order valence-electron chi connectivity index (χ3n) is 4.75. The first-order valence-corrected chi connectivity index (χ1v) is 9.25. The molecule has 5 heteroatoms. The summed E-state index contributed by atoms with van der Waals surface area (Å²) in [5, 5.41) is 12.7. The van der Waals surface area contributed by atoms with Crippen LogP contribution in [0.25, 0.3) is 6.08 Å². The molecule has 1 atom stereocenters. The molecule has 0 aromatic heterocycles. The zero-order valence-corrected chi connectivity index (χ0v) is 15.6. The number of carbonyl (C=O) groups is 1. The normalized spacial score (nSPS) is 15.7. The van der Waals surface area contributed by atoms with Crippen LogP contribution in [0, 0.1) is 6.92 Å². The van der Waals surface area contributed by atoms with Crippen LogP contribution in [0.4, 0.5) is 5.69 Å². The number of ether oxygens (including phenoxy) is 1. The lowest BCUT2D eigenvalue weighted by atomic mass is 10.1. The van der Waals surface area contributed by atoms with Gasteiger partial charge in [-0.05, 0) is 41.8 Å². The van der Waals surface area contributed by atoms with Gasteiger partial charge in [0, 0.05) is 24.9 Å². The SMILES string of the molecule is Cc1ccccc1C=CC(=O)N[C@H](CO)c1cccc(N2CCOCC2)c1. The molecule has 142 valence electrons. The molecule has 2 N–H and O–H groups in total. The van der Waals surface area contributed by atoms with Gasteiger partial charge in [-0.3, -0.25) is 4.79 Å². The number of rotatable bonds is 6. The number of benzene rings is 2. The maximum atomic E-state index is 12.3. The summed E-state index contributed by atoms with van der Waals surface area (Å²) in [6, 6.07) is 15.4. The maximum absolute atomic E-state index is 12.3. The van der Waals surface area contributed by atoms with Gasteiger partial charge in [0.2, 0.25) is 5.91 Å². The van der Waals surface area contributed by atoms with E-state index in [1.807, 2.05) is 55.5 Å². The Bertz CT molecular complexity index is 798. The molecule has 0 unspecified atom stereocenters. The van der Waals surface area contributed by atoms with E-state index in [2.05, 4.69) is 10.2 Å². The topological polar surface area (TPSA) is 61.8 Å². The fourth-order valence-corrected chi connectivity index (χ4v) is 3.15. The molecule has 1 aliphatic heterocycles. The van der Waals surface area contributed by atoms with Gasteiger partial charge in [-0.25, -0.2) is 0 Å². The van der Waals surface area contributed by atoms with Crippen molar-refractivity contribution in [1.82, 2.24) is 5.32 Å². The fraction of sp³-hybridized carbons (Fsp3) is 0.318. The highest BCUT2D eigenvalue weighted by Gasteiger charge is 2.16. The average molecular weight is 366 g/mol. The van der Waals surface area contributed by atoms with Crippen molar-refractivity contribution in [2.45, 2.75) is 13.0 Å². The fourth-order valence-electron chi connectivity index (χ4n) is 3.15. The van der Waals surface area contributed by atoms with Crippen LogP contribution in [-0.4, -0.2) is 43.9 Å². The molecule has 5 nitrogen and oxygen atoms in total. The molecule has 1 fully saturated rings. The first-order chi connectivity index (χ1) is 13.2. The predicted molar refractivity (Wildman–Crippen MR) is 108 cm³/mol. The van der Waals surface area contributed by atoms with E-state index in [-0.39, 0.29) is 12.5 Å². The van der Waals surface area contributed by atoms with Gasteiger partial charge in [0.05, 0.1) is 25.9 Å². The third-order valence-corrected chi connectivity index (χ3v) is 4.75. The Balaban J connectivity index is 1.67. The number of aliphatic hydroxyl groups excluding tert-OH is 1. The molecule has 27 heavy (non-hydrogen) atoms. The van der Waals surface area contributed by atoms with Crippen molar-refractivity contribution < 1.29 is 14.6 Å². The molecule has 1 amide bonds. The number of aryl methyl sites for hydroxylation is 1. The molecule has 1 saturated heterocycles. The van der Waals surface area contributed by atoms with Crippen LogP contribution in [0.15, 0.2) is 54.6 Å². The van der Waals surface area contributed by atoms with Crippen LogP contribution < -0.4 is 10.2 Å². The summed E-state index contributed by atoms with van der Waals surface area (Å²) in [6.45, 7) is 4.97. The lowest BCUT2D eigenvalue weighted by molar-refractivity contribution is -0.117. The van der Waals surface area contributed by atoms with E-state index in [1.54, 1.807) is 6.08 Å². The summed E-state index contributed by atoms with van der Waals surface area (Å²) in [6.07, 6.45) is 3.31. The molecule has 0 saturated carbocycles. The first-order valence-electron chi connectivity index (χ1n) is 9.25. The molecule has 2 aromatic carbocycles. The van der Waals surface area contributed by atoms with Crippen LogP contribution in [0.5, 0.6) is 0 Å². The highest BCUT2D eigenvalue weighted by Crippen LogP contribution is 2.22. The molecule has 1 aliphatic rings. The van der Waals surface area contributed by atoms with Gasteiger partial charge in [0.25, 0.3) is 0 Å². The smallest absolute Gasteiger partial charge is 0.244 e. The van der Waals surface area contributed by atoms with Crippen molar-refractivity contribution in [3.8, 4) is 0 Å². The molecule has 0 aliphatic carbocycles. The average Bonchev–Trinajstić information content (AvgIpc) is 2.72. The van der Waals surface area contributed by atoms with E-state index in [0.717, 1.165) is 35.5 Å². The highest BCUT2D eigenvalue weighted by molar-refractivity contribution is 5.92. The van der Waals surface area contributed by atoms with Gasteiger partial charge >= 0.3 is 0 Å². The summed E-state index contributed by atoms with van der Waals surface area (Å²) < 4.78 is 5.40. The van der Waals surface area contributed by atoms with Crippen LogP contribution in [0.1, 0.15) is 22.7 Å². The van der Waals surface area contributed by atoms with E-state index >= 15 is 0 Å². The largest absolute Gasteiger partial charge is 0.394 e. The van der Waals surface area contributed by atoms with Crippen LogP contribution in [-0.2, 0) is 9.53 Å². The second kappa shape index (κ2) is 9.35. The van der Waals surface area contributed by atoms with Crippen molar-refractivity contribution in [1.29, 1.82) is 0 Å². The number of nitrogens with one attached hydrogen (secondary N) is 1.